The Morgan fingerprint density at radius 1 is 1.12 bits per heavy atom. The van der Waals surface area contributed by atoms with E-state index in [4.69, 9.17) is 4.84 Å². The van der Waals surface area contributed by atoms with Crippen LogP contribution < -0.4 is 15.3 Å². The minimum absolute atomic E-state index is 0.0508. The third kappa shape index (κ3) is 5.66. The molecule has 2 aliphatic rings. The van der Waals surface area contributed by atoms with E-state index >= 15 is 0 Å². The van der Waals surface area contributed by atoms with Gasteiger partial charge in [0.1, 0.15) is 22.0 Å². The summed E-state index contributed by atoms with van der Waals surface area (Å²) >= 11 is 0. The number of hydroxylamine groups is 1. The van der Waals surface area contributed by atoms with Gasteiger partial charge in [0.25, 0.3) is 0 Å². The van der Waals surface area contributed by atoms with Crippen LogP contribution in [-0.2, 0) is 21.7 Å². The fourth-order valence-corrected chi connectivity index (χ4v) is 6.80. The van der Waals surface area contributed by atoms with Crippen molar-refractivity contribution in [3.63, 3.8) is 0 Å². The molecule has 0 unspecified atom stereocenters. The number of aryl methyl sites for hydroxylation is 1. The lowest BCUT2D eigenvalue weighted by Gasteiger charge is -2.48. The van der Waals surface area contributed by atoms with Crippen LogP contribution in [0.1, 0.15) is 24.9 Å². The van der Waals surface area contributed by atoms with Crippen molar-refractivity contribution in [3.8, 4) is 11.1 Å². The van der Waals surface area contributed by atoms with Crippen LogP contribution in [-0.4, -0.2) is 59.4 Å². The molecular formula is C29H31F2N7O3S. The van der Waals surface area contributed by atoms with Gasteiger partial charge < -0.3 is 10.2 Å². The molecule has 0 aliphatic carbocycles. The van der Waals surface area contributed by atoms with Crippen molar-refractivity contribution >= 4 is 32.8 Å². The third-order valence-corrected chi connectivity index (χ3v) is 8.84. The van der Waals surface area contributed by atoms with E-state index in [0.717, 1.165) is 28.6 Å². The molecule has 0 saturated carbocycles. The van der Waals surface area contributed by atoms with E-state index in [1.54, 1.807) is 23.0 Å². The summed E-state index contributed by atoms with van der Waals surface area (Å²) in [5.74, 6) is -0.714. The maximum absolute atomic E-state index is 14.6. The smallest absolute Gasteiger partial charge is 0.164 e. The minimum atomic E-state index is -3.08. The van der Waals surface area contributed by atoms with Gasteiger partial charge in [-0.25, -0.2) is 32.2 Å². The Hall–Kier alpha value is -4.10. The van der Waals surface area contributed by atoms with Crippen LogP contribution in [0.15, 0.2) is 61.2 Å². The lowest BCUT2D eigenvalue weighted by atomic mass is 9.90. The van der Waals surface area contributed by atoms with Gasteiger partial charge >= 0.3 is 0 Å². The number of hydrogen-bond acceptors (Lipinski definition) is 9. The summed E-state index contributed by atoms with van der Waals surface area (Å²) in [6.07, 6.45) is 6.84. The van der Waals surface area contributed by atoms with E-state index in [1.165, 1.54) is 23.7 Å². The average Bonchev–Trinajstić information content (AvgIpc) is 3.61. The summed E-state index contributed by atoms with van der Waals surface area (Å²) in [6, 6.07) is 11.4. The van der Waals surface area contributed by atoms with Crippen LogP contribution in [0, 0.1) is 17.6 Å². The summed E-state index contributed by atoms with van der Waals surface area (Å²) in [6.45, 7) is 3.00. The quantitative estimate of drug-likeness (QED) is 0.312. The first-order valence-electron chi connectivity index (χ1n) is 13.6. The molecule has 2 aromatic heterocycles. The zero-order chi connectivity index (χ0) is 29.6. The van der Waals surface area contributed by atoms with Crippen molar-refractivity contribution in [3.05, 3.63) is 78.4 Å². The van der Waals surface area contributed by atoms with Crippen molar-refractivity contribution in [2.24, 2.45) is 13.0 Å². The van der Waals surface area contributed by atoms with Crippen LogP contribution in [0.3, 0.4) is 0 Å². The minimum Gasteiger partial charge on any atom is -0.368 e. The highest BCUT2D eigenvalue weighted by atomic mass is 32.2. The second-order valence-corrected chi connectivity index (χ2v) is 13.1. The molecule has 3 atom stereocenters. The number of hydrogen-bond donors (Lipinski definition) is 1. The fraction of sp³-hybridized carbons (Fsp3) is 0.345. The Kier molecular flexibility index (Phi) is 7.31. The van der Waals surface area contributed by atoms with Crippen molar-refractivity contribution in [1.82, 2.24) is 19.7 Å². The van der Waals surface area contributed by atoms with Gasteiger partial charge in [0, 0.05) is 73.0 Å². The Morgan fingerprint density at radius 3 is 2.69 bits per heavy atom. The molecule has 1 N–H and O–H groups in total. The van der Waals surface area contributed by atoms with Crippen molar-refractivity contribution in [2.75, 3.05) is 40.4 Å². The molecule has 2 aromatic carbocycles. The molecule has 2 fully saturated rings. The molecule has 10 nitrogen and oxygen atoms in total. The van der Waals surface area contributed by atoms with Crippen molar-refractivity contribution in [2.45, 2.75) is 25.4 Å². The van der Waals surface area contributed by atoms with Gasteiger partial charge in [-0.1, -0.05) is 12.1 Å². The van der Waals surface area contributed by atoms with Crippen molar-refractivity contribution in [1.29, 1.82) is 0 Å². The lowest BCUT2D eigenvalue weighted by Crippen LogP contribution is -2.57. The van der Waals surface area contributed by atoms with Crippen LogP contribution in [0.5, 0.6) is 0 Å². The van der Waals surface area contributed by atoms with E-state index in [-0.39, 0.29) is 23.3 Å². The predicted octanol–water partition coefficient (Wildman–Crippen LogP) is 4.65. The molecule has 4 aromatic rings. The average molecular weight is 596 g/mol. The molecule has 220 valence electrons. The SMILES string of the molecule is C[C@@H]1[C@@H](CS(C)(=O)=O)CN1c1cc(Nc2cc(N3OCC[C@@H]3c3cccc(F)c3F)ncn2)cc(-c2cnn(C)c2)c1. The molecule has 13 heteroatoms. The zero-order valence-electron chi connectivity index (χ0n) is 23.4. The van der Waals surface area contributed by atoms with Crippen molar-refractivity contribution < 1.29 is 22.0 Å². The van der Waals surface area contributed by atoms with Gasteiger partial charge in [0.15, 0.2) is 17.5 Å². The summed E-state index contributed by atoms with van der Waals surface area (Å²) in [5, 5.41) is 9.15. The fourth-order valence-electron chi connectivity index (χ4n) is 5.63. The number of aromatic nitrogens is 4. The van der Waals surface area contributed by atoms with E-state index in [1.807, 2.05) is 32.3 Å². The number of nitrogens with zero attached hydrogens (tertiary/aromatic N) is 6. The first kappa shape index (κ1) is 28.0. The second kappa shape index (κ2) is 11.0. The van der Waals surface area contributed by atoms with E-state index in [0.29, 0.717) is 31.2 Å². The molecule has 0 amide bonds. The standard InChI is InChI=1S/C29H31F2N7O3S/c1-18-21(16-42(3,39)40)15-37(18)23-10-19(20-13-34-36(2)14-20)9-22(11-23)35-27-12-28(33-17-32-27)38-26(7-8-41-38)24-5-4-6-25(30)29(24)31/h4-6,9-14,17-18,21,26H,7-8,15-16H2,1-3H3,(H,32,33,35)/t18-,21-,26-/m1/s1. The number of anilines is 4. The van der Waals surface area contributed by atoms with Crippen LogP contribution >= 0.6 is 0 Å². The highest BCUT2D eigenvalue weighted by molar-refractivity contribution is 7.90. The predicted molar refractivity (Wildman–Crippen MR) is 156 cm³/mol. The summed E-state index contributed by atoms with van der Waals surface area (Å²) in [4.78, 5) is 16.7. The summed E-state index contributed by atoms with van der Waals surface area (Å²) < 4.78 is 54.1. The van der Waals surface area contributed by atoms with Gasteiger partial charge in [-0.3, -0.25) is 9.52 Å². The van der Waals surface area contributed by atoms with Gasteiger partial charge in [-0.2, -0.15) is 5.10 Å². The maximum Gasteiger partial charge on any atom is 0.164 e. The van der Waals surface area contributed by atoms with Crippen LogP contribution in [0.4, 0.5) is 31.8 Å². The van der Waals surface area contributed by atoms with Gasteiger partial charge in [-0.05, 0) is 36.8 Å². The second-order valence-electron chi connectivity index (χ2n) is 10.9. The Bertz CT molecular complexity index is 1730. The molecule has 0 spiro atoms. The molecule has 2 aliphatic heterocycles. The Labute approximate surface area is 242 Å². The highest BCUT2D eigenvalue weighted by Crippen LogP contribution is 2.39. The first-order chi connectivity index (χ1) is 20.1. The van der Waals surface area contributed by atoms with Crippen LogP contribution in [0.2, 0.25) is 0 Å². The molecule has 0 bridgehead atoms. The van der Waals surface area contributed by atoms with E-state index in [9.17, 15) is 17.2 Å². The topological polar surface area (TPSA) is 105 Å². The lowest BCUT2D eigenvalue weighted by molar-refractivity contribution is 0.156. The first-order valence-corrected chi connectivity index (χ1v) is 15.7. The van der Waals surface area contributed by atoms with Gasteiger partial charge in [0.05, 0.1) is 24.6 Å². The zero-order valence-corrected chi connectivity index (χ0v) is 24.2. The maximum atomic E-state index is 14.6. The number of benzene rings is 2. The van der Waals surface area contributed by atoms with E-state index in [2.05, 4.69) is 31.3 Å². The van der Waals surface area contributed by atoms with E-state index < -0.39 is 27.5 Å². The largest absolute Gasteiger partial charge is 0.368 e. The number of rotatable bonds is 8. The number of nitrogens with one attached hydrogen (secondary N) is 1. The third-order valence-electron chi connectivity index (χ3n) is 7.81. The monoisotopic (exact) mass is 595 g/mol. The van der Waals surface area contributed by atoms with Crippen LogP contribution in [0.25, 0.3) is 11.1 Å². The Morgan fingerprint density at radius 2 is 1.95 bits per heavy atom. The molecule has 42 heavy (non-hydrogen) atoms. The molecule has 0 radical (unpaired) electrons. The normalized spacial score (nSPS) is 20.5. The van der Waals surface area contributed by atoms with Gasteiger partial charge in [0.2, 0.25) is 0 Å². The van der Waals surface area contributed by atoms with Gasteiger partial charge in [-0.15, -0.1) is 0 Å². The highest BCUT2D eigenvalue weighted by Gasteiger charge is 2.38. The molecule has 4 heterocycles. The number of halogens is 2. The number of sulfone groups is 1. The summed E-state index contributed by atoms with van der Waals surface area (Å²) in [7, 11) is -1.22. The summed E-state index contributed by atoms with van der Waals surface area (Å²) in [5.41, 5.74) is 3.75. The molecule has 6 rings (SSSR count). The Balaban J connectivity index is 1.29. The molecule has 2 saturated heterocycles. The molecular weight excluding hydrogens is 564 g/mol.